The third-order valence-corrected chi connectivity index (χ3v) is 19.8. The Hall–Kier alpha value is -1.94. The number of unbranched alkanes of at least 4 members (excludes halogenated alkanes) is 46. The molecule has 19 heteroatoms. The number of phosphoric acid groups is 2. The van der Waals surface area contributed by atoms with Gasteiger partial charge in [-0.1, -0.05) is 343 Å². The van der Waals surface area contributed by atoms with Gasteiger partial charge < -0.3 is 33.8 Å². The van der Waals surface area contributed by atoms with Gasteiger partial charge in [0.15, 0.2) is 12.2 Å². The Labute approximate surface area is 575 Å². The molecule has 0 aliphatic carbocycles. The van der Waals surface area contributed by atoms with Crippen LogP contribution in [-0.4, -0.2) is 96.7 Å². The molecule has 6 atom stereocenters. The molecule has 0 radical (unpaired) electrons. The monoisotopic (exact) mass is 1380 g/mol. The molecular weight excluding hydrogens is 1230 g/mol. The summed E-state index contributed by atoms with van der Waals surface area (Å²) in [6.07, 6.45) is 56.8. The highest BCUT2D eigenvalue weighted by Crippen LogP contribution is 2.45. The first-order valence-corrected chi connectivity index (χ1v) is 42.2. The third-order valence-electron chi connectivity index (χ3n) is 17.9. The molecule has 0 saturated carbocycles. The van der Waals surface area contributed by atoms with Gasteiger partial charge in [-0.25, -0.2) is 9.13 Å². The second-order valence-electron chi connectivity index (χ2n) is 27.3. The van der Waals surface area contributed by atoms with Crippen molar-refractivity contribution in [1.82, 2.24) is 0 Å². The van der Waals surface area contributed by atoms with Gasteiger partial charge in [-0.2, -0.15) is 0 Å². The highest BCUT2D eigenvalue weighted by Gasteiger charge is 2.30. The van der Waals surface area contributed by atoms with Crippen LogP contribution < -0.4 is 0 Å². The van der Waals surface area contributed by atoms with E-state index >= 15 is 0 Å². The van der Waals surface area contributed by atoms with E-state index in [-0.39, 0.29) is 25.7 Å². The Morgan fingerprint density at radius 2 is 0.511 bits per heavy atom. The van der Waals surface area contributed by atoms with Crippen LogP contribution in [-0.2, 0) is 65.4 Å². The van der Waals surface area contributed by atoms with E-state index < -0.39 is 97.5 Å². The van der Waals surface area contributed by atoms with E-state index in [1.54, 1.807) is 0 Å². The minimum Gasteiger partial charge on any atom is -0.462 e. The maximum absolute atomic E-state index is 13.1. The van der Waals surface area contributed by atoms with Gasteiger partial charge in [0.1, 0.15) is 19.3 Å². The summed E-state index contributed by atoms with van der Waals surface area (Å²) in [4.78, 5) is 72.6. The lowest BCUT2D eigenvalue weighted by atomic mass is 9.99. The summed E-state index contributed by atoms with van der Waals surface area (Å²) in [6, 6.07) is 0. The van der Waals surface area contributed by atoms with Gasteiger partial charge in [-0.05, 0) is 31.6 Å². The first-order chi connectivity index (χ1) is 45.6. The first kappa shape index (κ1) is 92.1. The molecule has 94 heavy (non-hydrogen) atoms. The summed E-state index contributed by atoms with van der Waals surface area (Å²) in [6.45, 7) is 7.33. The fraction of sp³-hybridized carbons (Fsp3) is 0.947. The zero-order chi connectivity index (χ0) is 69.1. The number of hydrogen-bond acceptors (Lipinski definition) is 15. The molecule has 0 aromatic heterocycles. The fourth-order valence-corrected chi connectivity index (χ4v) is 13.1. The number of carbonyl (C=O) groups excluding carboxylic acids is 4. The maximum Gasteiger partial charge on any atom is 0.472 e. The average Bonchev–Trinajstić information content (AvgIpc) is 1.57. The predicted octanol–water partition coefficient (Wildman–Crippen LogP) is 22.1. The topological polar surface area (TPSA) is 237 Å². The molecule has 0 aromatic rings. The number of carbonyl (C=O) groups is 4. The number of ether oxygens (including phenoxy) is 4. The number of aliphatic hydroxyl groups is 1. The zero-order valence-electron chi connectivity index (χ0n) is 61.1. The summed E-state index contributed by atoms with van der Waals surface area (Å²) in [5.74, 6) is -1.24. The van der Waals surface area contributed by atoms with Gasteiger partial charge in [0, 0.05) is 25.7 Å². The van der Waals surface area contributed by atoms with E-state index in [0.717, 1.165) is 95.8 Å². The highest BCUT2D eigenvalue weighted by molar-refractivity contribution is 7.47. The van der Waals surface area contributed by atoms with Crippen LogP contribution >= 0.6 is 15.6 Å². The largest absolute Gasteiger partial charge is 0.472 e. The van der Waals surface area contributed by atoms with Gasteiger partial charge in [0.2, 0.25) is 0 Å². The van der Waals surface area contributed by atoms with Crippen LogP contribution in [0.5, 0.6) is 0 Å². The molecule has 558 valence electrons. The van der Waals surface area contributed by atoms with Crippen LogP contribution in [0, 0.1) is 5.92 Å². The average molecular weight is 1380 g/mol. The van der Waals surface area contributed by atoms with E-state index in [4.69, 9.17) is 37.0 Å². The lowest BCUT2D eigenvalue weighted by Crippen LogP contribution is -2.30. The van der Waals surface area contributed by atoms with E-state index in [1.807, 2.05) is 0 Å². The highest BCUT2D eigenvalue weighted by atomic mass is 31.2. The van der Waals surface area contributed by atoms with Crippen LogP contribution in [0.3, 0.4) is 0 Å². The SMILES string of the molecule is CCCCCCCCCCCCCC(=O)OC[C@H](COP(=O)(O)OC[C@@H](O)COP(=O)(O)OC[C@@H](COC(=O)CCCCCCCCCCCC)OC(=O)CCCCCCCCCCCCC)OC(=O)CCCCCCCCCCCCCCCCCCCCC(C)CC. The molecule has 0 bridgehead atoms. The first-order valence-electron chi connectivity index (χ1n) is 39.2. The van der Waals surface area contributed by atoms with Crippen molar-refractivity contribution in [2.45, 2.75) is 412 Å². The number of esters is 4. The molecule has 0 aliphatic heterocycles. The molecule has 17 nitrogen and oxygen atoms in total. The minimum absolute atomic E-state index is 0.107. The van der Waals surface area contributed by atoms with Crippen LogP contribution in [0.2, 0.25) is 0 Å². The number of aliphatic hydroxyl groups excluding tert-OH is 1. The summed E-state index contributed by atoms with van der Waals surface area (Å²) in [5, 5.41) is 10.6. The summed E-state index contributed by atoms with van der Waals surface area (Å²) in [7, 11) is -9.90. The van der Waals surface area contributed by atoms with Gasteiger partial charge in [-0.15, -0.1) is 0 Å². The van der Waals surface area contributed by atoms with E-state index in [1.165, 1.54) is 218 Å². The van der Waals surface area contributed by atoms with Crippen molar-refractivity contribution < 1.29 is 80.2 Å². The lowest BCUT2D eigenvalue weighted by molar-refractivity contribution is -0.161. The van der Waals surface area contributed by atoms with E-state index in [2.05, 4.69) is 34.6 Å². The molecule has 0 spiro atoms. The second kappa shape index (κ2) is 68.2. The van der Waals surface area contributed by atoms with Crippen molar-refractivity contribution in [3.8, 4) is 0 Å². The van der Waals surface area contributed by atoms with Crippen LogP contribution in [0.4, 0.5) is 0 Å². The van der Waals surface area contributed by atoms with Crippen molar-refractivity contribution in [2.75, 3.05) is 39.6 Å². The number of hydrogen-bond donors (Lipinski definition) is 3. The fourth-order valence-electron chi connectivity index (χ4n) is 11.5. The summed E-state index contributed by atoms with van der Waals surface area (Å²) >= 11 is 0. The predicted molar refractivity (Wildman–Crippen MR) is 382 cm³/mol. The maximum atomic E-state index is 13.1. The summed E-state index contributed by atoms with van der Waals surface area (Å²) in [5.41, 5.74) is 0. The van der Waals surface area contributed by atoms with E-state index in [9.17, 15) is 43.2 Å². The van der Waals surface area contributed by atoms with Gasteiger partial charge >= 0.3 is 39.5 Å². The molecular formula is C75H146O17P2. The molecule has 0 saturated heterocycles. The number of rotatable bonds is 75. The molecule has 0 aromatic carbocycles. The van der Waals surface area contributed by atoms with Crippen molar-refractivity contribution in [3.63, 3.8) is 0 Å². The van der Waals surface area contributed by atoms with Gasteiger partial charge in [0.05, 0.1) is 26.4 Å². The molecule has 0 amide bonds. The number of phosphoric ester groups is 2. The molecule has 0 fully saturated rings. The second-order valence-corrected chi connectivity index (χ2v) is 30.2. The molecule has 0 heterocycles. The normalized spacial score (nSPS) is 14.3. The van der Waals surface area contributed by atoms with Gasteiger partial charge in [0.25, 0.3) is 0 Å². The van der Waals surface area contributed by atoms with Crippen LogP contribution in [0.1, 0.15) is 394 Å². The smallest absolute Gasteiger partial charge is 0.462 e. The quantitative estimate of drug-likeness (QED) is 0.0222. The summed E-state index contributed by atoms with van der Waals surface area (Å²) < 4.78 is 68.4. The van der Waals surface area contributed by atoms with Crippen LogP contribution in [0.25, 0.3) is 0 Å². The van der Waals surface area contributed by atoms with Crippen LogP contribution in [0.15, 0.2) is 0 Å². The minimum atomic E-state index is -4.95. The Kier molecular flexibility index (Phi) is 66.8. The zero-order valence-corrected chi connectivity index (χ0v) is 62.9. The van der Waals surface area contributed by atoms with Gasteiger partial charge in [-0.3, -0.25) is 37.3 Å². The third kappa shape index (κ3) is 67.3. The van der Waals surface area contributed by atoms with Crippen molar-refractivity contribution in [1.29, 1.82) is 0 Å². The van der Waals surface area contributed by atoms with Crippen molar-refractivity contribution >= 4 is 39.5 Å². The Balaban J connectivity index is 5.15. The molecule has 0 aliphatic rings. The molecule has 3 unspecified atom stereocenters. The Morgan fingerprint density at radius 3 is 0.755 bits per heavy atom. The van der Waals surface area contributed by atoms with Crippen molar-refractivity contribution in [3.05, 3.63) is 0 Å². The van der Waals surface area contributed by atoms with E-state index in [0.29, 0.717) is 25.7 Å². The van der Waals surface area contributed by atoms with Crippen molar-refractivity contribution in [2.24, 2.45) is 5.92 Å². The Morgan fingerprint density at radius 1 is 0.298 bits per heavy atom. The standard InChI is InChI=1S/C75H146O17P2/c1-6-10-13-16-19-22-33-39-44-49-54-59-73(78)86-65-71(92-75(80)61-56-51-46-41-36-32-30-28-26-25-27-29-31-35-37-42-47-52-57-68(5)9-4)67-90-94(83,84)88-63-69(76)62-87-93(81,82)89-66-70(64-85-72(77)58-53-48-43-38-24-21-18-15-12-8-3)91-74(79)60-55-50-45-40-34-23-20-17-14-11-7-2/h68-71,76H,6-67H2,1-5H3,(H,81,82)(H,83,84)/t68?,69-,70+,71+/m0/s1. The molecule has 0 rings (SSSR count). The lowest BCUT2D eigenvalue weighted by Gasteiger charge is -2.21. The molecule has 3 N–H and O–H groups in total. The Bertz CT molecular complexity index is 1810.